The molecule has 0 spiro atoms. The van der Waals surface area contributed by atoms with Gasteiger partial charge in [-0.05, 0) is 39.8 Å². The maximum absolute atomic E-state index is 12.6. The van der Waals surface area contributed by atoms with Crippen molar-refractivity contribution in [3.8, 4) is 0 Å². The third-order valence-electron chi connectivity index (χ3n) is 4.06. The first-order valence-electron chi connectivity index (χ1n) is 8.33. The molecule has 2 aromatic rings. The summed E-state index contributed by atoms with van der Waals surface area (Å²) in [6.07, 6.45) is -0.0689. The molecule has 1 saturated heterocycles. The molecule has 3 rings (SSSR count). The second-order valence-electron chi connectivity index (χ2n) is 6.69. The van der Waals surface area contributed by atoms with Crippen LogP contribution in [0.3, 0.4) is 0 Å². The van der Waals surface area contributed by atoms with Gasteiger partial charge in [0.2, 0.25) is 5.91 Å². The van der Waals surface area contributed by atoms with Gasteiger partial charge in [0.05, 0.1) is 5.69 Å². The van der Waals surface area contributed by atoms with Crippen molar-refractivity contribution < 1.29 is 9.59 Å². The lowest BCUT2D eigenvalue weighted by molar-refractivity contribution is -0.125. The Kier molecular flexibility index (Phi) is 4.59. The van der Waals surface area contributed by atoms with Crippen molar-refractivity contribution in [2.45, 2.75) is 46.4 Å². The summed E-state index contributed by atoms with van der Waals surface area (Å²) in [6, 6.07) is 7.53. The van der Waals surface area contributed by atoms with Crippen LogP contribution in [0.25, 0.3) is 0 Å². The largest absolute Gasteiger partial charge is 0.322 e. The fraction of sp³-hybridized carbons (Fsp3) is 0.389. The van der Waals surface area contributed by atoms with Crippen LogP contribution >= 0.6 is 0 Å². The molecule has 25 heavy (non-hydrogen) atoms. The number of aryl methyl sites for hydroxylation is 3. The van der Waals surface area contributed by atoms with Crippen LogP contribution in [0.5, 0.6) is 0 Å². The zero-order chi connectivity index (χ0) is 18.1. The highest BCUT2D eigenvalue weighted by atomic mass is 16.2. The number of benzene rings is 1. The predicted octanol–water partition coefficient (Wildman–Crippen LogP) is 2.01. The van der Waals surface area contributed by atoms with Gasteiger partial charge in [0.1, 0.15) is 5.82 Å². The van der Waals surface area contributed by atoms with Crippen molar-refractivity contribution in [3.05, 3.63) is 46.6 Å². The number of nitrogens with one attached hydrogen (secondary N) is 3. The molecule has 3 N–H and O–H groups in total. The minimum Gasteiger partial charge on any atom is -0.322 e. The normalized spacial score (nSPS) is 20.2. The summed E-state index contributed by atoms with van der Waals surface area (Å²) >= 11 is 0. The Bertz CT molecular complexity index is 807. The molecule has 2 amide bonds. The summed E-state index contributed by atoms with van der Waals surface area (Å²) < 4.78 is 1.60. The van der Waals surface area contributed by atoms with Crippen molar-refractivity contribution in [1.29, 1.82) is 0 Å². The van der Waals surface area contributed by atoms with E-state index in [4.69, 9.17) is 0 Å². The second kappa shape index (κ2) is 6.68. The Morgan fingerprint density at radius 3 is 2.52 bits per heavy atom. The minimum absolute atomic E-state index is 0.0335. The van der Waals surface area contributed by atoms with Gasteiger partial charge in [-0.15, -0.1) is 0 Å². The summed E-state index contributed by atoms with van der Waals surface area (Å²) in [5.41, 5.74) is 3.41. The van der Waals surface area contributed by atoms with Crippen LogP contribution in [-0.2, 0) is 4.79 Å². The van der Waals surface area contributed by atoms with Gasteiger partial charge in [-0.25, -0.2) is 4.68 Å². The highest BCUT2D eigenvalue weighted by Crippen LogP contribution is 2.18. The number of hydrogen-bond acceptors (Lipinski definition) is 4. The van der Waals surface area contributed by atoms with Gasteiger partial charge < -0.3 is 10.6 Å². The Labute approximate surface area is 146 Å². The Balaban J connectivity index is 1.85. The van der Waals surface area contributed by atoms with Crippen molar-refractivity contribution in [2.75, 3.05) is 5.32 Å². The first-order valence-corrected chi connectivity index (χ1v) is 8.33. The molecule has 1 aliphatic rings. The highest BCUT2D eigenvalue weighted by molar-refractivity contribution is 6.04. The summed E-state index contributed by atoms with van der Waals surface area (Å²) in [4.78, 5) is 24.4. The highest BCUT2D eigenvalue weighted by Gasteiger charge is 2.26. The van der Waals surface area contributed by atoms with E-state index in [1.165, 1.54) is 0 Å². The van der Waals surface area contributed by atoms with Crippen LogP contribution in [0.2, 0.25) is 0 Å². The molecule has 1 aromatic carbocycles. The van der Waals surface area contributed by atoms with Gasteiger partial charge >= 0.3 is 0 Å². The molecule has 2 unspecified atom stereocenters. The maximum atomic E-state index is 12.6. The molecular formula is C18H23N5O2. The summed E-state index contributed by atoms with van der Waals surface area (Å²) in [6.45, 7) is 7.70. The van der Waals surface area contributed by atoms with Crippen LogP contribution in [-0.4, -0.2) is 27.6 Å². The van der Waals surface area contributed by atoms with Crippen molar-refractivity contribution >= 4 is 17.6 Å². The lowest BCUT2D eigenvalue weighted by atomic mass is 10.1. The van der Waals surface area contributed by atoms with Gasteiger partial charge in [0.15, 0.2) is 6.29 Å². The van der Waals surface area contributed by atoms with E-state index in [-0.39, 0.29) is 17.9 Å². The Morgan fingerprint density at radius 2 is 1.88 bits per heavy atom. The van der Waals surface area contributed by atoms with E-state index in [1.54, 1.807) is 10.7 Å². The number of aromatic nitrogens is 2. The monoisotopic (exact) mass is 341 g/mol. The first kappa shape index (κ1) is 17.2. The first-order chi connectivity index (χ1) is 11.8. The fourth-order valence-corrected chi connectivity index (χ4v) is 3.09. The van der Waals surface area contributed by atoms with Gasteiger partial charge in [-0.3, -0.25) is 14.9 Å². The zero-order valence-electron chi connectivity index (χ0n) is 14.9. The summed E-state index contributed by atoms with van der Waals surface area (Å²) in [5, 5.41) is 13.4. The van der Waals surface area contributed by atoms with Gasteiger partial charge in [-0.2, -0.15) is 5.10 Å². The van der Waals surface area contributed by atoms with Gasteiger partial charge in [0.25, 0.3) is 5.91 Å². The van der Waals surface area contributed by atoms with E-state index in [0.29, 0.717) is 17.8 Å². The minimum atomic E-state index is -0.487. The molecule has 0 radical (unpaired) electrons. The van der Waals surface area contributed by atoms with Crippen molar-refractivity contribution in [3.63, 3.8) is 0 Å². The Morgan fingerprint density at radius 1 is 1.20 bits per heavy atom. The quantitative estimate of drug-likeness (QED) is 0.797. The SMILES string of the molecule is Cc1cc(C)cc(C(=O)Nc2cc(C)nn2C2NC(=O)CC(C)N2)c1. The average molecular weight is 341 g/mol. The third-order valence-corrected chi connectivity index (χ3v) is 4.06. The van der Waals surface area contributed by atoms with Gasteiger partial charge in [-0.1, -0.05) is 17.2 Å². The van der Waals surface area contributed by atoms with Crippen LogP contribution in [0.15, 0.2) is 24.3 Å². The Hall–Kier alpha value is -2.67. The zero-order valence-corrected chi connectivity index (χ0v) is 14.9. The molecule has 1 fully saturated rings. The molecule has 2 heterocycles. The molecule has 1 aliphatic heterocycles. The number of rotatable bonds is 3. The number of carbonyl (C=O) groups excluding carboxylic acids is 2. The van der Waals surface area contributed by atoms with Crippen LogP contribution < -0.4 is 16.0 Å². The molecule has 1 aromatic heterocycles. The van der Waals surface area contributed by atoms with E-state index >= 15 is 0 Å². The second-order valence-corrected chi connectivity index (χ2v) is 6.69. The lowest BCUT2D eigenvalue weighted by Crippen LogP contribution is -2.52. The number of amides is 2. The van der Waals surface area contributed by atoms with E-state index in [2.05, 4.69) is 21.0 Å². The fourth-order valence-electron chi connectivity index (χ4n) is 3.09. The molecule has 0 bridgehead atoms. The number of nitrogens with zero attached hydrogens (tertiary/aromatic N) is 2. The summed E-state index contributed by atoms with van der Waals surface area (Å²) in [5.74, 6) is 0.285. The molecule has 0 aliphatic carbocycles. The number of carbonyl (C=O) groups is 2. The standard InChI is InChI=1S/C18H23N5O2/c1-10-5-11(2)7-14(6-10)17(25)20-15-8-13(4)22-23(15)18-19-12(3)9-16(24)21-18/h5-8,12,18-19H,9H2,1-4H3,(H,20,25)(H,21,24). The van der Waals surface area contributed by atoms with Crippen LogP contribution in [0.4, 0.5) is 5.82 Å². The topological polar surface area (TPSA) is 88.1 Å². The van der Waals surface area contributed by atoms with E-state index in [1.807, 2.05) is 45.9 Å². The van der Waals surface area contributed by atoms with E-state index in [9.17, 15) is 9.59 Å². The lowest BCUT2D eigenvalue weighted by Gasteiger charge is -2.30. The molecule has 132 valence electrons. The molecule has 7 nitrogen and oxygen atoms in total. The molecule has 7 heteroatoms. The van der Waals surface area contributed by atoms with Crippen LogP contribution in [0, 0.1) is 20.8 Å². The molecular weight excluding hydrogens is 318 g/mol. The molecule has 0 saturated carbocycles. The van der Waals surface area contributed by atoms with E-state index < -0.39 is 6.29 Å². The molecule has 2 atom stereocenters. The van der Waals surface area contributed by atoms with Gasteiger partial charge in [0, 0.05) is 24.1 Å². The number of anilines is 1. The van der Waals surface area contributed by atoms with Crippen molar-refractivity contribution in [1.82, 2.24) is 20.4 Å². The summed E-state index contributed by atoms with van der Waals surface area (Å²) in [7, 11) is 0. The van der Waals surface area contributed by atoms with Crippen molar-refractivity contribution in [2.24, 2.45) is 0 Å². The van der Waals surface area contributed by atoms with E-state index in [0.717, 1.165) is 16.8 Å². The predicted molar refractivity (Wildman–Crippen MR) is 95.2 cm³/mol. The smallest absolute Gasteiger partial charge is 0.256 e. The average Bonchev–Trinajstić information content (AvgIpc) is 2.86. The maximum Gasteiger partial charge on any atom is 0.256 e. The van der Waals surface area contributed by atoms with Crippen LogP contribution in [0.1, 0.15) is 46.8 Å². The third kappa shape index (κ3) is 3.88. The number of hydrogen-bond donors (Lipinski definition) is 3.